The second-order valence-corrected chi connectivity index (χ2v) is 10.6. The summed E-state index contributed by atoms with van der Waals surface area (Å²) < 4.78 is 3.88. The highest BCUT2D eigenvalue weighted by Crippen LogP contribution is 2.36. The third-order valence-electron chi connectivity index (χ3n) is 7.82. The van der Waals surface area contributed by atoms with Gasteiger partial charge in [-0.3, -0.25) is 9.58 Å². The van der Waals surface area contributed by atoms with Crippen molar-refractivity contribution in [3.63, 3.8) is 0 Å². The summed E-state index contributed by atoms with van der Waals surface area (Å²) in [7, 11) is 0. The number of anilines is 1. The highest BCUT2D eigenvalue weighted by atomic mass is 16.3. The molecule has 200 valence electrons. The molecule has 3 aromatic heterocycles. The number of aliphatic hydroxyl groups is 1. The minimum Gasteiger partial charge on any atom is -0.393 e. The number of hydrogen-bond acceptors (Lipinski definition) is 6. The molecule has 0 aliphatic carbocycles. The van der Waals surface area contributed by atoms with E-state index in [1.807, 2.05) is 27.4 Å². The van der Waals surface area contributed by atoms with Crippen molar-refractivity contribution in [3.8, 4) is 22.4 Å². The number of likely N-dealkylation sites (tertiary alicyclic amines) is 1. The molecule has 1 fully saturated rings. The molecule has 8 nitrogen and oxygen atoms in total. The standard InChI is InChI=1S/C32H31N7O/c33-32-31-28(24-9-10-26-20-38(36-29(26)16-24)19-22-5-2-1-3-6-22)17-30(39(31)35-21-34-32)25-8-4-7-23(15-25)18-37-13-11-27(40)12-14-37/h1-10,15-17,20-21,27,40H,11-14,18-19H2,(H2,33,34,35). The quantitative estimate of drug-likeness (QED) is 0.315. The summed E-state index contributed by atoms with van der Waals surface area (Å²) in [6, 6.07) is 27.4. The lowest BCUT2D eigenvalue weighted by atomic mass is 10.0. The molecule has 4 heterocycles. The number of hydrogen-bond donors (Lipinski definition) is 2. The van der Waals surface area contributed by atoms with E-state index >= 15 is 0 Å². The Hall–Kier alpha value is -4.53. The Morgan fingerprint density at radius 3 is 2.52 bits per heavy atom. The van der Waals surface area contributed by atoms with Crippen LogP contribution in [0.25, 0.3) is 38.8 Å². The molecule has 0 saturated carbocycles. The summed E-state index contributed by atoms with van der Waals surface area (Å²) in [6.45, 7) is 3.41. The Morgan fingerprint density at radius 1 is 0.850 bits per heavy atom. The highest BCUT2D eigenvalue weighted by Gasteiger charge is 2.19. The summed E-state index contributed by atoms with van der Waals surface area (Å²) in [5.41, 5.74) is 14.6. The van der Waals surface area contributed by atoms with E-state index < -0.39 is 0 Å². The van der Waals surface area contributed by atoms with Crippen molar-refractivity contribution in [1.82, 2.24) is 29.3 Å². The molecule has 1 saturated heterocycles. The van der Waals surface area contributed by atoms with Crippen molar-refractivity contribution in [2.75, 3.05) is 18.8 Å². The van der Waals surface area contributed by atoms with Gasteiger partial charge in [-0.15, -0.1) is 0 Å². The fourth-order valence-corrected chi connectivity index (χ4v) is 5.74. The summed E-state index contributed by atoms with van der Waals surface area (Å²) in [6.07, 6.45) is 5.08. The van der Waals surface area contributed by atoms with Crippen molar-refractivity contribution in [1.29, 1.82) is 0 Å². The lowest BCUT2D eigenvalue weighted by Crippen LogP contribution is -2.35. The summed E-state index contributed by atoms with van der Waals surface area (Å²) in [5.74, 6) is 0.439. The lowest BCUT2D eigenvalue weighted by molar-refractivity contribution is 0.0792. The Labute approximate surface area is 232 Å². The average Bonchev–Trinajstić information content (AvgIpc) is 3.56. The molecule has 0 unspecified atom stereocenters. The van der Waals surface area contributed by atoms with Crippen LogP contribution in [0.5, 0.6) is 0 Å². The van der Waals surface area contributed by atoms with Gasteiger partial charge in [-0.05, 0) is 47.7 Å². The van der Waals surface area contributed by atoms with Crippen LogP contribution < -0.4 is 5.73 Å². The minimum absolute atomic E-state index is 0.171. The van der Waals surface area contributed by atoms with Gasteiger partial charge in [0.05, 0.1) is 23.9 Å². The highest BCUT2D eigenvalue weighted by molar-refractivity contribution is 5.95. The Kier molecular flexibility index (Phi) is 6.26. The smallest absolute Gasteiger partial charge is 0.152 e. The monoisotopic (exact) mass is 529 g/mol. The molecular weight excluding hydrogens is 498 g/mol. The first kappa shape index (κ1) is 24.5. The van der Waals surface area contributed by atoms with Crippen LogP contribution in [0, 0.1) is 0 Å². The predicted molar refractivity (Wildman–Crippen MR) is 158 cm³/mol. The van der Waals surface area contributed by atoms with E-state index in [1.165, 1.54) is 17.5 Å². The maximum Gasteiger partial charge on any atom is 0.152 e. The van der Waals surface area contributed by atoms with Crippen molar-refractivity contribution < 1.29 is 5.11 Å². The van der Waals surface area contributed by atoms with E-state index in [9.17, 15) is 5.11 Å². The molecule has 0 radical (unpaired) electrons. The van der Waals surface area contributed by atoms with E-state index in [4.69, 9.17) is 10.8 Å². The Morgan fingerprint density at radius 2 is 1.68 bits per heavy atom. The maximum absolute atomic E-state index is 9.87. The van der Waals surface area contributed by atoms with E-state index in [0.717, 1.165) is 77.8 Å². The zero-order valence-electron chi connectivity index (χ0n) is 22.2. The number of nitrogens with two attached hydrogens (primary N) is 1. The summed E-state index contributed by atoms with van der Waals surface area (Å²) in [4.78, 5) is 6.72. The fraction of sp³-hybridized carbons (Fsp3) is 0.219. The maximum atomic E-state index is 9.87. The van der Waals surface area contributed by atoms with Gasteiger partial charge in [-0.1, -0.05) is 60.7 Å². The topological polar surface area (TPSA) is 97.5 Å². The van der Waals surface area contributed by atoms with Gasteiger partial charge in [-0.2, -0.15) is 10.2 Å². The van der Waals surface area contributed by atoms with Gasteiger partial charge in [0, 0.05) is 42.3 Å². The van der Waals surface area contributed by atoms with E-state index in [1.54, 1.807) is 0 Å². The normalized spacial score (nSPS) is 14.8. The molecule has 6 aromatic rings. The second-order valence-electron chi connectivity index (χ2n) is 10.6. The van der Waals surface area contributed by atoms with Gasteiger partial charge in [0.2, 0.25) is 0 Å². The van der Waals surface area contributed by atoms with Crippen LogP contribution in [0.1, 0.15) is 24.0 Å². The van der Waals surface area contributed by atoms with Gasteiger partial charge >= 0.3 is 0 Å². The summed E-state index contributed by atoms with van der Waals surface area (Å²) >= 11 is 0. The molecule has 40 heavy (non-hydrogen) atoms. The first-order valence-corrected chi connectivity index (χ1v) is 13.7. The third kappa shape index (κ3) is 4.72. The first-order chi connectivity index (χ1) is 19.6. The largest absolute Gasteiger partial charge is 0.393 e. The molecule has 0 bridgehead atoms. The number of nitrogen functional groups attached to an aromatic ring is 1. The second kappa shape index (κ2) is 10.2. The zero-order chi connectivity index (χ0) is 27.1. The van der Waals surface area contributed by atoms with Crippen LogP contribution in [0.4, 0.5) is 5.82 Å². The predicted octanol–water partition coefficient (Wildman–Crippen LogP) is 5.00. The summed E-state index contributed by atoms with van der Waals surface area (Å²) in [5, 5.41) is 20.4. The molecule has 0 spiro atoms. The Bertz CT molecular complexity index is 1800. The van der Waals surface area contributed by atoms with Crippen LogP contribution in [0.2, 0.25) is 0 Å². The van der Waals surface area contributed by atoms with Crippen LogP contribution in [0.15, 0.2) is 91.4 Å². The van der Waals surface area contributed by atoms with Gasteiger partial charge in [0.15, 0.2) is 5.82 Å². The number of benzene rings is 3. The van der Waals surface area contributed by atoms with E-state index in [0.29, 0.717) is 5.82 Å². The van der Waals surface area contributed by atoms with Crippen molar-refractivity contribution in [2.24, 2.45) is 0 Å². The van der Waals surface area contributed by atoms with Gasteiger partial charge in [0.25, 0.3) is 0 Å². The molecule has 7 rings (SSSR count). The van der Waals surface area contributed by atoms with Crippen molar-refractivity contribution in [3.05, 3.63) is 103 Å². The molecule has 1 aliphatic heterocycles. The van der Waals surface area contributed by atoms with E-state index in [-0.39, 0.29) is 6.10 Å². The average molecular weight is 530 g/mol. The first-order valence-electron chi connectivity index (χ1n) is 13.7. The van der Waals surface area contributed by atoms with Crippen LogP contribution >= 0.6 is 0 Å². The van der Waals surface area contributed by atoms with E-state index in [2.05, 4.69) is 81.8 Å². The molecule has 8 heteroatoms. The van der Waals surface area contributed by atoms with Gasteiger partial charge < -0.3 is 10.8 Å². The number of aliphatic hydroxyl groups excluding tert-OH is 1. The molecule has 0 amide bonds. The number of aromatic nitrogens is 5. The molecule has 0 atom stereocenters. The lowest BCUT2D eigenvalue weighted by Gasteiger charge is -2.29. The zero-order valence-corrected chi connectivity index (χ0v) is 22.2. The number of nitrogens with zero attached hydrogens (tertiary/aromatic N) is 6. The van der Waals surface area contributed by atoms with Gasteiger partial charge in [0.1, 0.15) is 11.8 Å². The van der Waals surface area contributed by atoms with Crippen molar-refractivity contribution in [2.45, 2.75) is 32.0 Å². The molecule has 3 N–H and O–H groups in total. The Balaban J connectivity index is 1.25. The molecule has 1 aliphatic rings. The van der Waals surface area contributed by atoms with Crippen molar-refractivity contribution >= 4 is 22.2 Å². The minimum atomic E-state index is -0.171. The van der Waals surface area contributed by atoms with Crippen LogP contribution in [-0.2, 0) is 13.1 Å². The number of piperidine rings is 1. The van der Waals surface area contributed by atoms with Gasteiger partial charge in [-0.25, -0.2) is 9.50 Å². The molecule has 3 aromatic carbocycles. The van der Waals surface area contributed by atoms with Crippen LogP contribution in [-0.4, -0.2) is 53.6 Å². The van der Waals surface area contributed by atoms with Crippen LogP contribution in [0.3, 0.4) is 0 Å². The SMILES string of the molecule is Nc1ncnn2c(-c3cccc(CN4CCC(O)CC4)c3)cc(-c3ccc4cn(Cc5ccccc5)nc4c3)c12. The number of fused-ring (bicyclic) bond motifs is 2. The third-order valence-corrected chi connectivity index (χ3v) is 7.82. The number of rotatable bonds is 6. The molecular formula is C32H31N7O. The fourth-order valence-electron chi connectivity index (χ4n) is 5.74.